The first kappa shape index (κ1) is 16.5. The molecule has 3 aromatic rings. The van der Waals surface area contributed by atoms with Gasteiger partial charge in [-0.15, -0.1) is 11.3 Å². The molecule has 1 aromatic carbocycles. The predicted molar refractivity (Wildman–Crippen MR) is 108 cm³/mol. The van der Waals surface area contributed by atoms with Gasteiger partial charge in [0.15, 0.2) is 5.49 Å². The van der Waals surface area contributed by atoms with Gasteiger partial charge in [-0.3, -0.25) is 4.90 Å². The van der Waals surface area contributed by atoms with Gasteiger partial charge in [-0.25, -0.2) is 15.0 Å². The SMILES string of the molecule is NC1CN(C2N=c3ncccc3=C(c3ccccc3)N=C2c2cccs2)C1. The fourth-order valence-electron chi connectivity index (χ4n) is 3.53. The first-order valence-electron chi connectivity index (χ1n) is 9.00. The second kappa shape index (κ2) is 6.81. The Morgan fingerprint density at radius 1 is 1.00 bits per heavy atom. The largest absolute Gasteiger partial charge is 0.325 e. The highest BCUT2D eigenvalue weighted by molar-refractivity contribution is 7.12. The summed E-state index contributed by atoms with van der Waals surface area (Å²) >= 11 is 1.69. The van der Waals surface area contributed by atoms with Gasteiger partial charge in [-0.2, -0.15) is 0 Å². The summed E-state index contributed by atoms with van der Waals surface area (Å²) in [6, 6.07) is 18.6. The van der Waals surface area contributed by atoms with Crippen LogP contribution in [0.3, 0.4) is 0 Å². The standard InChI is InChI=1S/C21H19N5S/c22-15-12-26(13-15)21-19(17-9-5-11-27-17)24-18(14-6-2-1-3-7-14)16-8-4-10-23-20(16)25-21/h1-11,15,21H,12-13,22H2. The monoisotopic (exact) mass is 373 g/mol. The molecule has 1 atom stereocenters. The number of aromatic nitrogens is 1. The Bertz CT molecular complexity index is 1100. The van der Waals surface area contributed by atoms with Crippen LogP contribution >= 0.6 is 11.3 Å². The number of likely N-dealkylation sites (tertiary alicyclic amines) is 1. The molecule has 27 heavy (non-hydrogen) atoms. The Kier molecular flexibility index (Phi) is 4.16. The summed E-state index contributed by atoms with van der Waals surface area (Å²) in [5.74, 6) is 0. The van der Waals surface area contributed by atoms with E-state index in [1.807, 2.05) is 30.3 Å². The minimum absolute atomic E-state index is 0.168. The molecule has 0 radical (unpaired) electrons. The van der Waals surface area contributed by atoms with Crippen LogP contribution in [-0.4, -0.2) is 40.9 Å². The molecule has 2 N–H and O–H groups in total. The van der Waals surface area contributed by atoms with Gasteiger partial charge in [0.05, 0.1) is 16.3 Å². The summed E-state index contributed by atoms with van der Waals surface area (Å²) in [4.78, 5) is 18.2. The average molecular weight is 373 g/mol. The lowest BCUT2D eigenvalue weighted by Crippen LogP contribution is -2.61. The summed E-state index contributed by atoms with van der Waals surface area (Å²) in [7, 11) is 0. The van der Waals surface area contributed by atoms with E-state index in [9.17, 15) is 0 Å². The van der Waals surface area contributed by atoms with Crippen molar-refractivity contribution in [3.8, 4) is 0 Å². The summed E-state index contributed by atoms with van der Waals surface area (Å²) in [6.45, 7) is 1.64. The maximum absolute atomic E-state index is 6.05. The number of fused-ring (bicyclic) bond motifs is 1. The van der Waals surface area contributed by atoms with Gasteiger partial charge in [0, 0.05) is 36.1 Å². The number of hydrogen-bond donors (Lipinski definition) is 1. The second-order valence-corrected chi connectivity index (χ2v) is 7.73. The molecule has 0 saturated carbocycles. The molecule has 5 rings (SSSR count). The van der Waals surface area contributed by atoms with Crippen LogP contribution in [0.15, 0.2) is 76.2 Å². The number of pyridine rings is 1. The van der Waals surface area contributed by atoms with Gasteiger partial charge in [0.1, 0.15) is 6.17 Å². The van der Waals surface area contributed by atoms with Gasteiger partial charge >= 0.3 is 0 Å². The van der Waals surface area contributed by atoms with E-state index in [2.05, 4.69) is 39.5 Å². The fourth-order valence-corrected chi connectivity index (χ4v) is 4.26. The number of nitrogens with zero attached hydrogens (tertiary/aromatic N) is 4. The predicted octanol–water partition coefficient (Wildman–Crippen LogP) is 1.39. The summed E-state index contributed by atoms with van der Waals surface area (Å²) in [5, 5.41) is 3.04. The molecule has 1 saturated heterocycles. The minimum Gasteiger partial charge on any atom is -0.325 e. The Morgan fingerprint density at radius 3 is 2.59 bits per heavy atom. The molecule has 0 aliphatic carbocycles. The Balaban J connectivity index is 1.77. The van der Waals surface area contributed by atoms with Gasteiger partial charge in [0.2, 0.25) is 0 Å². The van der Waals surface area contributed by atoms with Crippen LogP contribution in [0.4, 0.5) is 0 Å². The number of hydrogen-bond acceptors (Lipinski definition) is 6. The van der Waals surface area contributed by atoms with Crippen LogP contribution in [0, 0.1) is 0 Å². The van der Waals surface area contributed by atoms with Crippen molar-refractivity contribution in [1.29, 1.82) is 0 Å². The lowest BCUT2D eigenvalue weighted by molar-refractivity contribution is 0.128. The number of nitrogens with two attached hydrogens (primary N) is 1. The summed E-state index contributed by atoms with van der Waals surface area (Å²) in [6.07, 6.45) is 1.62. The molecule has 1 fully saturated rings. The highest BCUT2D eigenvalue weighted by atomic mass is 32.1. The molecule has 5 nitrogen and oxygen atoms in total. The number of rotatable bonds is 3. The quantitative estimate of drug-likeness (QED) is 0.755. The molecular weight excluding hydrogens is 354 g/mol. The van der Waals surface area contributed by atoms with Crippen molar-refractivity contribution in [3.63, 3.8) is 0 Å². The Morgan fingerprint density at radius 2 is 1.85 bits per heavy atom. The highest BCUT2D eigenvalue weighted by Crippen LogP contribution is 2.24. The molecule has 6 heteroatoms. The smallest absolute Gasteiger partial charge is 0.158 e. The third-order valence-electron chi connectivity index (χ3n) is 4.87. The third kappa shape index (κ3) is 3.02. The lowest BCUT2D eigenvalue weighted by Gasteiger charge is -2.40. The van der Waals surface area contributed by atoms with Crippen molar-refractivity contribution < 1.29 is 0 Å². The summed E-state index contributed by atoms with van der Waals surface area (Å²) in [5.41, 5.74) is 9.73. The van der Waals surface area contributed by atoms with Crippen molar-refractivity contribution in [2.75, 3.05) is 13.1 Å². The molecule has 2 aliphatic rings. The van der Waals surface area contributed by atoms with Crippen molar-refractivity contribution in [2.24, 2.45) is 15.7 Å². The highest BCUT2D eigenvalue weighted by Gasteiger charge is 2.34. The first-order chi connectivity index (χ1) is 13.3. The van der Waals surface area contributed by atoms with E-state index >= 15 is 0 Å². The summed E-state index contributed by atoms with van der Waals surface area (Å²) < 4.78 is 0. The van der Waals surface area contributed by atoms with Crippen LogP contribution in [0.25, 0.3) is 5.70 Å². The van der Waals surface area contributed by atoms with Crippen LogP contribution in [-0.2, 0) is 0 Å². The van der Waals surface area contributed by atoms with E-state index in [-0.39, 0.29) is 12.2 Å². The van der Waals surface area contributed by atoms with E-state index in [1.54, 1.807) is 17.5 Å². The first-order valence-corrected chi connectivity index (χ1v) is 9.88. The number of benzene rings is 1. The molecule has 134 valence electrons. The van der Waals surface area contributed by atoms with Gasteiger partial charge < -0.3 is 5.73 Å². The van der Waals surface area contributed by atoms with E-state index in [4.69, 9.17) is 15.7 Å². The van der Waals surface area contributed by atoms with Crippen LogP contribution in [0.2, 0.25) is 0 Å². The van der Waals surface area contributed by atoms with Crippen LogP contribution in [0.1, 0.15) is 10.4 Å². The Labute approximate surface area is 161 Å². The molecule has 0 amide bonds. The van der Waals surface area contributed by atoms with Crippen LogP contribution in [0.5, 0.6) is 0 Å². The molecule has 2 aliphatic heterocycles. The van der Waals surface area contributed by atoms with Crippen molar-refractivity contribution in [1.82, 2.24) is 9.88 Å². The number of thiophene rings is 1. The zero-order chi connectivity index (χ0) is 18.2. The minimum atomic E-state index is -0.168. The van der Waals surface area contributed by atoms with Crippen molar-refractivity contribution in [3.05, 3.63) is 87.3 Å². The lowest BCUT2D eigenvalue weighted by atomic mass is 10.1. The maximum atomic E-state index is 6.05. The third-order valence-corrected chi connectivity index (χ3v) is 5.76. The second-order valence-electron chi connectivity index (χ2n) is 6.78. The zero-order valence-corrected chi connectivity index (χ0v) is 15.5. The normalized spacial score (nSPS) is 20.3. The van der Waals surface area contributed by atoms with E-state index in [0.29, 0.717) is 0 Å². The molecule has 0 bridgehead atoms. The molecule has 2 aromatic heterocycles. The van der Waals surface area contributed by atoms with Crippen molar-refractivity contribution >= 4 is 22.7 Å². The average Bonchev–Trinajstić information content (AvgIpc) is 3.15. The topological polar surface area (TPSA) is 66.9 Å². The van der Waals surface area contributed by atoms with E-state index < -0.39 is 0 Å². The van der Waals surface area contributed by atoms with E-state index in [1.165, 1.54) is 0 Å². The number of aliphatic imine (C=N–C) groups is 1. The zero-order valence-electron chi connectivity index (χ0n) is 14.7. The fraction of sp³-hybridized carbons (Fsp3) is 0.190. The van der Waals surface area contributed by atoms with E-state index in [0.717, 1.165) is 45.6 Å². The van der Waals surface area contributed by atoms with Crippen LogP contribution < -0.4 is 16.4 Å². The molecular formula is C21H19N5S. The molecule has 4 heterocycles. The maximum Gasteiger partial charge on any atom is 0.158 e. The Hall–Kier alpha value is -2.67. The molecule has 1 unspecified atom stereocenters. The molecule has 0 spiro atoms. The van der Waals surface area contributed by atoms with Gasteiger partial charge in [-0.1, -0.05) is 36.4 Å². The van der Waals surface area contributed by atoms with Crippen molar-refractivity contribution in [2.45, 2.75) is 12.2 Å². The van der Waals surface area contributed by atoms with Gasteiger partial charge in [0.25, 0.3) is 0 Å². The van der Waals surface area contributed by atoms with Gasteiger partial charge in [-0.05, 0) is 23.6 Å².